The SMILES string of the molecule is CN(Cc1nnc2n1CCC2)C(=O)c1nc(Cl)ccc1Cl. The molecule has 0 bridgehead atoms. The maximum atomic E-state index is 12.4. The van der Waals surface area contributed by atoms with Gasteiger partial charge < -0.3 is 9.47 Å². The highest BCUT2D eigenvalue weighted by molar-refractivity contribution is 6.34. The molecule has 0 aromatic carbocycles. The maximum absolute atomic E-state index is 12.4. The first-order chi connectivity index (χ1) is 10.1. The van der Waals surface area contributed by atoms with Crippen LogP contribution in [0.4, 0.5) is 0 Å². The van der Waals surface area contributed by atoms with E-state index in [1.165, 1.54) is 4.90 Å². The Kier molecular flexibility index (Phi) is 3.82. The lowest BCUT2D eigenvalue weighted by Gasteiger charge is -2.17. The second-order valence-electron chi connectivity index (χ2n) is 4.91. The molecule has 0 aliphatic carbocycles. The maximum Gasteiger partial charge on any atom is 0.274 e. The molecule has 0 saturated carbocycles. The van der Waals surface area contributed by atoms with E-state index in [0.717, 1.165) is 31.0 Å². The van der Waals surface area contributed by atoms with E-state index in [2.05, 4.69) is 19.7 Å². The number of nitrogens with zero attached hydrogens (tertiary/aromatic N) is 5. The zero-order chi connectivity index (χ0) is 15.0. The summed E-state index contributed by atoms with van der Waals surface area (Å²) in [5.74, 6) is 1.46. The summed E-state index contributed by atoms with van der Waals surface area (Å²) in [7, 11) is 1.68. The van der Waals surface area contributed by atoms with Crippen LogP contribution in [0, 0.1) is 0 Å². The molecule has 8 heteroatoms. The van der Waals surface area contributed by atoms with Crippen LogP contribution in [0.5, 0.6) is 0 Å². The van der Waals surface area contributed by atoms with Crippen LogP contribution in [0.2, 0.25) is 10.2 Å². The number of halogens is 2. The fourth-order valence-corrected chi connectivity index (χ4v) is 2.69. The molecule has 1 amide bonds. The van der Waals surface area contributed by atoms with Crippen molar-refractivity contribution in [2.75, 3.05) is 7.05 Å². The van der Waals surface area contributed by atoms with Crippen molar-refractivity contribution in [1.82, 2.24) is 24.6 Å². The number of carbonyl (C=O) groups is 1. The Labute approximate surface area is 131 Å². The Morgan fingerprint density at radius 1 is 1.38 bits per heavy atom. The van der Waals surface area contributed by atoms with Crippen molar-refractivity contribution in [2.24, 2.45) is 0 Å². The molecule has 0 unspecified atom stereocenters. The number of hydrogen-bond donors (Lipinski definition) is 0. The summed E-state index contributed by atoms with van der Waals surface area (Å²) in [4.78, 5) is 17.9. The van der Waals surface area contributed by atoms with Gasteiger partial charge in [0.1, 0.15) is 16.7 Å². The third-order valence-corrected chi connectivity index (χ3v) is 3.94. The summed E-state index contributed by atoms with van der Waals surface area (Å²) in [5, 5.41) is 8.78. The summed E-state index contributed by atoms with van der Waals surface area (Å²) >= 11 is 11.8. The van der Waals surface area contributed by atoms with Gasteiger partial charge in [0.05, 0.1) is 11.6 Å². The van der Waals surface area contributed by atoms with E-state index in [1.807, 2.05) is 0 Å². The second-order valence-corrected chi connectivity index (χ2v) is 5.71. The van der Waals surface area contributed by atoms with E-state index in [-0.39, 0.29) is 21.8 Å². The molecule has 0 fully saturated rings. The highest BCUT2D eigenvalue weighted by Gasteiger charge is 2.22. The van der Waals surface area contributed by atoms with Crippen molar-refractivity contribution in [2.45, 2.75) is 25.9 Å². The minimum Gasteiger partial charge on any atom is -0.333 e. The second kappa shape index (κ2) is 5.61. The molecule has 0 spiro atoms. The van der Waals surface area contributed by atoms with Crippen molar-refractivity contribution < 1.29 is 4.79 Å². The van der Waals surface area contributed by atoms with Gasteiger partial charge >= 0.3 is 0 Å². The van der Waals surface area contributed by atoms with E-state index in [9.17, 15) is 4.79 Å². The molecular weight excluding hydrogens is 313 g/mol. The zero-order valence-corrected chi connectivity index (χ0v) is 12.9. The van der Waals surface area contributed by atoms with Crippen molar-refractivity contribution in [3.63, 3.8) is 0 Å². The number of aromatic nitrogens is 4. The topological polar surface area (TPSA) is 63.9 Å². The predicted octanol–water partition coefficient (Wildman–Crippen LogP) is 2.20. The molecule has 0 N–H and O–H groups in total. The molecule has 21 heavy (non-hydrogen) atoms. The molecule has 110 valence electrons. The smallest absolute Gasteiger partial charge is 0.274 e. The van der Waals surface area contributed by atoms with Gasteiger partial charge in [-0.15, -0.1) is 10.2 Å². The highest BCUT2D eigenvalue weighted by Crippen LogP contribution is 2.20. The largest absolute Gasteiger partial charge is 0.333 e. The molecular formula is C13H13Cl2N5O. The van der Waals surface area contributed by atoms with Crippen LogP contribution in [0.25, 0.3) is 0 Å². The van der Waals surface area contributed by atoms with Crippen LogP contribution >= 0.6 is 23.2 Å². The van der Waals surface area contributed by atoms with Gasteiger partial charge in [0.25, 0.3) is 5.91 Å². The lowest BCUT2D eigenvalue weighted by molar-refractivity contribution is 0.0774. The lowest BCUT2D eigenvalue weighted by atomic mass is 10.3. The third-order valence-electron chi connectivity index (χ3n) is 3.43. The standard InChI is InChI=1S/C13H13Cl2N5O/c1-19(7-11-18-17-10-3-2-6-20(10)11)13(21)12-8(14)4-5-9(15)16-12/h4-5H,2-3,6-7H2,1H3. The van der Waals surface area contributed by atoms with Crippen LogP contribution in [0.15, 0.2) is 12.1 Å². The fraction of sp³-hybridized carbons (Fsp3) is 0.385. The Bertz CT molecular complexity index is 700. The van der Waals surface area contributed by atoms with Crippen LogP contribution in [-0.4, -0.2) is 37.6 Å². The molecule has 0 atom stereocenters. The van der Waals surface area contributed by atoms with Gasteiger partial charge in [-0.3, -0.25) is 4.79 Å². The minimum absolute atomic E-state index is 0.146. The van der Waals surface area contributed by atoms with Crippen molar-refractivity contribution in [3.05, 3.63) is 39.7 Å². The summed E-state index contributed by atoms with van der Waals surface area (Å²) < 4.78 is 2.05. The van der Waals surface area contributed by atoms with E-state index >= 15 is 0 Å². The van der Waals surface area contributed by atoms with E-state index < -0.39 is 0 Å². The van der Waals surface area contributed by atoms with Gasteiger partial charge in [0.15, 0.2) is 5.82 Å². The van der Waals surface area contributed by atoms with Gasteiger partial charge in [-0.05, 0) is 18.6 Å². The summed E-state index contributed by atoms with van der Waals surface area (Å²) in [6.07, 6.45) is 2.00. The Morgan fingerprint density at radius 3 is 3.00 bits per heavy atom. The fourth-order valence-electron chi connectivity index (χ4n) is 2.36. The molecule has 1 aliphatic heterocycles. The Hall–Kier alpha value is -1.66. The van der Waals surface area contributed by atoms with Gasteiger partial charge in [-0.2, -0.15) is 0 Å². The first-order valence-electron chi connectivity index (χ1n) is 6.54. The third kappa shape index (κ3) is 2.73. The molecule has 3 heterocycles. The molecule has 0 saturated heterocycles. The average Bonchev–Trinajstić information content (AvgIpc) is 3.05. The first kappa shape index (κ1) is 14.3. The number of amides is 1. The molecule has 2 aromatic rings. The van der Waals surface area contributed by atoms with Gasteiger partial charge in [-0.25, -0.2) is 4.98 Å². The number of rotatable bonds is 3. The van der Waals surface area contributed by atoms with Gasteiger partial charge in [0.2, 0.25) is 0 Å². The van der Waals surface area contributed by atoms with Crippen LogP contribution in [0.3, 0.4) is 0 Å². The van der Waals surface area contributed by atoms with Crippen molar-refractivity contribution in [3.8, 4) is 0 Å². The minimum atomic E-state index is -0.294. The quantitative estimate of drug-likeness (QED) is 0.811. The number of hydrogen-bond acceptors (Lipinski definition) is 4. The Morgan fingerprint density at radius 2 is 2.19 bits per heavy atom. The monoisotopic (exact) mass is 325 g/mol. The summed E-state index contributed by atoms with van der Waals surface area (Å²) in [5.41, 5.74) is 0.146. The number of fused-ring (bicyclic) bond motifs is 1. The van der Waals surface area contributed by atoms with Crippen LogP contribution in [0.1, 0.15) is 28.6 Å². The number of carbonyl (C=O) groups excluding carboxylic acids is 1. The summed E-state index contributed by atoms with van der Waals surface area (Å²) in [6.45, 7) is 1.26. The predicted molar refractivity (Wildman–Crippen MR) is 78.4 cm³/mol. The van der Waals surface area contributed by atoms with E-state index in [4.69, 9.17) is 23.2 Å². The molecule has 6 nitrogen and oxygen atoms in total. The van der Waals surface area contributed by atoms with E-state index in [0.29, 0.717) is 6.54 Å². The number of aryl methyl sites for hydroxylation is 1. The van der Waals surface area contributed by atoms with Crippen LogP contribution < -0.4 is 0 Å². The van der Waals surface area contributed by atoms with Gasteiger partial charge in [0, 0.05) is 20.0 Å². The molecule has 1 aliphatic rings. The molecule has 3 rings (SSSR count). The normalized spacial score (nSPS) is 13.3. The molecule has 2 aromatic heterocycles. The molecule has 0 radical (unpaired) electrons. The van der Waals surface area contributed by atoms with Gasteiger partial charge in [-0.1, -0.05) is 23.2 Å². The Balaban J connectivity index is 1.80. The first-order valence-corrected chi connectivity index (χ1v) is 7.30. The highest BCUT2D eigenvalue weighted by atomic mass is 35.5. The van der Waals surface area contributed by atoms with Crippen LogP contribution in [-0.2, 0) is 19.5 Å². The van der Waals surface area contributed by atoms with E-state index in [1.54, 1.807) is 19.2 Å². The lowest BCUT2D eigenvalue weighted by Crippen LogP contribution is -2.28. The van der Waals surface area contributed by atoms with Crippen molar-refractivity contribution in [1.29, 1.82) is 0 Å². The number of pyridine rings is 1. The summed E-state index contributed by atoms with van der Waals surface area (Å²) in [6, 6.07) is 3.11. The van der Waals surface area contributed by atoms with Crippen molar-refractivity contribution >= 4 is 29.1 Å². The average molecular weight is 326 g/mol. The zero-order valence-electron chi connectivity index (χ0n) is 11.4.